The van der Waals surface area contributed by atoms with Crippen LogP contribution in [0.5, 0.6) is 0 Å². The van der Waals surface area contributed by atoms with Gasteiger partial charge in [-0.2, -0.15) is 26.3 Å². The largest absolute Gasteiger partial charge is 0.748 e. The van der Waals surface area contributed by atoms with Crippen molar-refractivity contribution in [2.24, 2.45) is 11.8 Å². The van der Waals surface area contributed by atoms with Crippen molar-refractivity contribution in [2.45, 2.75) is 81.8 Å². The van der Waals surface area contributed by atoms with Crippen LogP contribution in [0.1, 0.15) is 57.8 Å². The summed E-state index contributed by atoms with van der Waals surface area (Å²) in [6, 6.07) is 0. The van der Waals surface area contributed by atoms with Crippen LogP contribution >= 0.6 is 0 Å². The van der Waals surface area contributed by atoms with Gasteiger partial charge in [-0.3, -0.25) is 9.59 Å². The van der Waals surface area contributed by atoms with Crippen LogP contribution in [0.3, 0.4) is 0 Å². The molecule has 14 heteroatoms. The van der Waals surface area contributed by atoms with Gasteiger partial charge in [-0.25, -0.2) is 8.42 Å². The van der Waals surface area contributed by atoms with E-state index in [4.69, 9.17) is 4.74 Å². The Labute approximate surface area is 180 Å². The molecule has 0 aromatic rings. The fourth-order valence-corrected chi connectivity index (χ4v) is 4.98. The van der Waals surface area contributed by atoms with E-state index in [1.54, 1.807) is 0 Å². The van der Waals surface area contributed by atoms with Gasteiger partial charge in [0.2, 0.25) is 0 Å². The number of alkyl halides is 6. The van der Waals surface area contributed by atoms with Crippen LogP contribution in [0.25, 0.3) is 0 Å². The summed E-state index contributed by atoms with van der Waals surface area (Å²) in [4.78, 5) is 25.0. The quantitative estimate of drug-likeness (QED) is 0.313. The zero-order valence-corrected chi connectivity index (χ0v) is 17.7. The SMILES string of the molecule is O=C(OC1CCCCC1)C1CCCCC1C(=O)OC(CS(=O)(=O)[O-])(C(F)(F)F)C(F)(F)F. The predicted octanol–water partition coefficient (Wildman–Crippen LogP) is 3.62. The highest BCUT2D eigenvalue weighted by atomic mass is 32.2. The molecule has 2 fully saturated rings. The zero-order valence-electron chi connectivity index (χ0n) is 16.8. The molecule has 7 nitrogen and oxygen atoms in total. The van der Waals surface area contributed by atoms with Crippen LogP contribution in [0, 0.1) is 11.8 Å². The Morgan fingerprint density at radius 1 is 0.781 bits per heavy atom. The van der Waals surface area contributed by atoms with Crippen LogP contribution in [0.15, 0.2) is 0 Å². The molecule has 0 aromatic carbocycles. The molecule has 2 aliphatic rings. The first kappa shape index (κ1) is 26.7. The predicted molar refractivity (Wildman–Crippen MR) is 93.9 cm³/mol. The minimum Gasteiger partial charge on any atom is -0.748 e. The maximum absolute atomic E-state index is 13.4. The van der Waals surface area contributed by atoms with E-state index in [1.165, 1.54) is 0 Å². The molecule has 0 aliphatic heterocycles. The molecule has 0 radical (unpaired) electrons. The minimum absolute atomic E-state index is 0.0176. The fourth-order valence-electron chi connectivity index (χ4n) is 4.10. The van der Waals surface area contributed by atoms with Crippen molar-refractivity contribution in [1.82, 2.24) is 0 Å². The summed E-state index contributed by atoms with van der Waals surface area (Å²) in [6.07, 6.45) is -9.40. The maximum atomic E-state index is 13.4. The van der Waals surface area contributed by atoms with Crippen LogP contribution < -0.4 is 0 Å². The number of rotatable bonds is 6. The van der Waals surface area contributed by atoms with Gasteiger partial charge in [-0.15, -0.1) is 0 Å². The molecule has 0 N–H and O–H groups in total. The third kappa shape index (κ3) is 6.27. The zero-order chi connectivity index (χ0) is 24.4. The van der Waals surface area contributed by atoms with E-state index >= 15 is 0 Å². The third-order valence-electron chi connectivity index (χ3n) is 5.78. The van der Waals surface area contributed by atoms with E-state index in [-0.39, 0.29) is 19.3 Å². The molecular formula is C18H23F6O7S-. The fraction of sp³-hybridized carbons (Fsp3) is 0.889. The average molecular weight is 497 g/mol. The lowest BCUT2D eigenvalue weighted by Gasteiger charge is -2.39. The van der Waals surface area contributed by atoms with E-state index in [0.717, 1.165) is 19.3 Å². The molecule has 0 saturated heterocycles. The second-order valence-electron chi connectivity index (χ2n) is 8.14. The number of carbonyl (C=O) groups excluding carboxylic acids is 2. The standard InChI is InChI=1S/C18H24F6O7S/c19-17(20,21)16(18(22,23)24,10-32(27,28)29)31-15(26)13-9-5-4-8-12(13)14(25)30-11-6-2-1-3-7-11/h11-13H,1-10H2,(H,27,28,29)/p-1. The summed E-state index contributed by atoms with van der Waals surface area (Å²) >= 11 is 0. The normalized spacial score (nSPS) is 24.1. The summed E-state index contributed by atoms with van der Waals surface area (Å²) in [7, 11) is -6.13. The van der Waals surface area contributed by atoms with Crippen LogP contribution in [-0.4, -0.2) is 54.7 Å². The van der Waals surface area contributed by atoms with Gasteiger partial charge in [0.1, 0.15) is 6.10 Å². The van der Waals surface area contributed by atoms with Crippen LogP contribution in [-0.2, 0) is 29.2 Å². The molecule has 0 amide bonds. The lowest BCUT2D eigenvalue weighted by Crippen LogP contribution is -2.64. The highest BCUT2D eigenvalue weighted by Crippen LogP contribution is 2.48. The highest BCUT2D eigenvalue weighted by molar-refractivity contribution is 7.85. The van der Waals surface area contributed by atoms with E-state index in [2.05, 4.69) is 4.74 Å². The summed E-state index contributed by atoms with van der Waals surface area (Å²) < 4.78 is 122. The van der Waals surface area contributed by atoms with Crippen LogP contribution in [0.2, 0.25) is 0 Å². The molecule has 2 saturated carbocycles. The number of hydrogen-bond acceptors (Lipinski definition) is 7. The number of esters is 2. The molecular weight excluding hydrogens is 474 g/mol. The van der Waals surface area contributed by atoms with Gasteiger partial charge in [0.05, 0.1) is 27.7 Å². The van der Waals surface area contributed by atoms with Crippen molar-refractivity contribution in [3.8, 4) is 0 Å². The second kappa shape index (κ2) is 9.74. The van der Waals surface area contributed by atoms with Gasteiger partial charge in [0, 0.05) is 0 Å². The van der Waals surface area contributed by atoms with Gasteiger partial charge in [0.25, 0.3) is 0 Å². The molecule has 32 heavy (non-hydrogen) atoms. The summed E-state index contributed by atoms with van der Waals surface area (Å²) in [5.74, 6) is -9.06. The lowest BCUT2D eigenvalue weighted by atomic mass is 9.79. The lowest BCUT2D eigenvalue weighted by molar-refractivity contribution is -0.362. The maximum Gasteiger partial charge on any atom is 0.438 e. The van der Waals surface area contributed by atoms with E-state index in [9.17, 15) is 48.9 Å². The van der Waals surface area contributed by atoms with E-state index < -0.39 is 63.7 Å². The molecule has 186 valence electrons. The summed E-state index contributed by atoms with van der Waals surface area (Å²) in [6.45, 7) is 0. The molecule has 2 rings (SSSR count). The molecule has 0 bridgehead atoms. The Morgan fingerprint density at radius 3 is 1.66 bits per heavy atom. The summed E-state index contributed by atoms with van der Waals surface area (Å²) in [5, 5.41) is 0. The smallest absolute Gasteiger partial charge is 0.438 e. The molecule has 2 unspecified atom stereocenters. The van der Waals surface area contributed by atoms with Crippen molar-refractivity contribution in [3.63, 3.8) is 0 Å². The highest BCUT2D eigenvalue weighted by Gasteiger charge is 2.75. The third-order valence-corrected chi connectivity index (χ3v) is 6.54. The molecule has 0 heterocycles. The van der Waals surface area contributed by atoms with Crippen LogP contribution in [0.4, 0.5) is 26.3 Å². The van der Waals surface area contributed by atoms with Crippen molar-refractivity contribution < 1.29 is 58.4 Å². The minimum atomic E-state index is -6.45. The van der Waals surface area contributed by atoms with Crippen molar-refractivity contribution in [3.05, 3.63) is 0 Å². The number of hydrogen-bond donors (Lipinski definition) is 0. The Hall–Kier alpha value is -1.57. The van der Waals surface area contributed by atoms with Gasteiger partial charge >= 0.3 is 29.9 Å². The van der Waals surface area contributed by atoms with Crippen molar-refractivity contribution in [2.75, 3.05) is 5.75 Å². The number of halogens is 6. The molecule has 2 atom stereocenters. The Kier molecular flexibility index (Phi) is 8.12. The second-order valence-corrected chi connectivity index (χ2v) is 9.54. The van der Waals surface area contributed by atoms with Crippen molar-refractivity contribution in [1.29, 1.82) is 0 Å². The van der Waals surface area contributed by atoms with Crippen molar-refractivity contribution >= 4 is 22.1 Å². The number of carbonyl (C=O) groups is 2. The molecule has 0 aromatic heterocycles. The van der Waals surface area contributed by atoms with Gasteiger partial charge in [-0.1, -0.05) is 19.3 Å². The summed E-state index contributed by atoms with van der Waals surface area (Å²) in [5.41, 5.74) is -5.55. The monoisotopic (exact) mass is 497 g/mol. The number of ether oxygens (including phenoxy) is 2. The average Bonchev–Trinajstić information content (AvgIpc) is 2.65. The first-order valence-electron chi connectivity index (χ1n) is 10.1. The Balaban J connectivity index is 2.30. The first-order valence-corrected chi connectivity index (χ1v) is 11.7. The van der Waals surface area contributed by atoms with Gasteiger partial charge in [-0.05, 0) is 38.5 Å². The Bertz CT molecular complexity index is 773. The molecule has 0 spiro atoms. The molecule has 2 aliphatic carbocycles. The Morgan fingerprint density at radius 2 is 1.22 bits per heavy atom. The van der Waals surface area contributed by atoms with Gasteiger partial charge in [0.15, 0.2) is 0 Å². The topological polar surface area (TPSA) is 110 Å². The first-order chi connectivity index (χ1) is 14.6. The van der Waals surface area contributed by atoms with E-state index in [1.807, 2.05) is 0 Å². The van der Waals surface area contributed by atoms with E-state index in [0.29, 0.717) is 19.3 Å². The van der Waals surface area contributed by atoms with Gasteiger partial charge < -0.3 is 14.0 Å².